The lowest BCUT2D eigenvalue weighted by molar-refractivity contribution is 1.15. The smallest absolute Gasteiger partial charge is 0.0992 e. The molecule has 0 atom stereocenters. The maximum Gasteiger partial charge on any atom is 0.0992 e. The summed E-state index contributed by atoms with van der Waals surface area (Å²) in [4.78, 5) is 0. The SMILES string of the molecule is N#Cc1ccc(N)c(NCc2cc(Cl)ccc2Cl)c1. The Morgan fingerprint density at radius 3 is 2.68 bits per heavy atom. The minimum absolute atomic E-state index is 0.485. The van der Waals surface area contributed by atoms with Gasteiger partial charge in [0.2, 0.25) is 0 Å². The first-order valence-corrected chi connectivity index (χ1v) is 6.33. The molecule has 5 heteroatoms. The van der Waals surface area contributed by atoms with E-state index in [0.717, 1.165) is 5.56 Å². The van der Waals surface area contributed by atoms with Crippen LogP contribution in [0, 0.1) is 11.3 Å². The Balaban J connectivity index is 2.19. The molecule has 0 aliphatic carbocycles. The molecule has 0 amide bonds. The summed E-state index contributed by atoms with van der Waals surface area (Å²) in [5.41, 5.74) is 8.55. The third kappa shape index (κ3) is 3.31. The van der Waals surface area contributed by atoms with Gasteiger partial charge >= 0.3 is 0 Å². The number of nitrogen functional groups attached to an aromatic ring is 1. The first-order chi connectivity index (χ1) is 9.10. The summed E-state index contributed by atoms with van der Waals surface area (Å²) in [7, 11) is 0. The van der Waals surface area contributed by atoms with Crippen LogP contribution in [0.15, 0.2) is 36.4 Å². The zero-order chi connectivity index (χ0) is 13.8. The quantitative estimate of drug-likeness (QED) is 0.839. The first-order valence-electron chi connectivity index (χ1n) is 5.57. The second-order valence-corrected chi connectivity index (χ2v) is 4.85. The molecular weight excluding hydrogens is 281 g/mol. The van der Waals surface area contributed by atoms with Crippen LogP contribution >= 0.6 is 23.2 Å². The van der Waals surface area contributed by atoms with E-state index in [-0.39, 0.29) is 0 Å². The summed E-state index contributed by atoms with van der Waals surface area (Å²) in [6.45, 7) is 0.485. The summed E-state index contributed by atoms with van der Waals surface area (Å²) in [6, 6.07) is 12.4. The second kappa shape index (κ2) is 5.83. The highest BCUT2D eigenvalue weighted by Crippen LogP contribution is 2.24. The van der Waals surface area contributed by atoms with Gasteiger partial charge in [-0.15, -0.1) is 0 Å². The normalized spacial score (nSPS) is 9.95. The van der Waals surface area contributed by atoms with Crippen LogP contribution in [-0.4, -0.2) is 0 Å². The number of benzene rings is 2. The van der Waals surface area contributed by atoms with Crippen molar-refractivity contribution in [3.63, 3.8) is 0 Å². The predicted octanol–water partition coefficient (Wildman–Crippen LogP) is 4.06. The zero-order valence-electron chi connectivity index (χ0n) is 9.95. The monoisotopic (exact) mass is 291 g/mol. The zero-order valence-corrected chi connectivity index (χ0v) is 11.5. The lowest BCUT2D eigenvalue weighted by atomic mass is 10.1. The largest absolute Gasteiger partial charge is 0.397 e. The minimum atomic E-state index is 0.485. The fourth-order valence-corrected chi connectivity index (χ4v) is 2.03. The van der Waals surface area contributed by atoms with Crippen molar-refractivity contribution in [2.45, 2.75) is 6.54 Å². The molecule has 0 bridgehead atoms. The maximum absolute atomic E-state index is 8.86. The highest BCUT2D eigenvalue weighted by atomic mass is 35.5. The number of nitriles is 1. The summed E-state index contributed by atoms with van der Waals surface area (Å²) >= 11 is 12.0. The molecule has 0 aliphatic rings. The van der Waals surface area contributed by atoms with Gasteiger partial charge in [0.05, 0.1) is 23.0 Å². The molecule has 0 fully saturated rings. The van der Waals surface area contributed by atoms with Crippen LogP contribution in [0.5, 0.6) is 0 Å². The Hall–Kier alpha value is -1.89. The molecule has 0 radical (unpaired) electrons. The molecule has 0 spiro atoms. The third-order valence-corrected chi connectivity index (χ3v) is 3.26. The van der Waals surface area contributed by atoms with Gasteiger partial charge in [0.1, 0.15) is 0 Å². The van der Waals surface area contributed by atoms with Crippen molar-refractivity contribution < 1.29 is 0 Å². The summed E-state index contributed by atoms with van der Waals surface area (Å²) < 4.78 is 0. The van der Waals surface area contributed by atoms with E-state index in [9.17, 15) is 0 Å². The second-order valence-electron chi connectivity index (χ2n) is 4.00. The van der Waals surface area contributed by atoms with Gasteiger partial charge in [-0.25, -0.2) is 0 Å². The molecule has 0 unspecified atom stereocenters. The molecular formula is C14H11Cl2N3. The Kier molecular flexibility index (Phi) is 4.16. The highest BCUT2D eigenvalue weighted by Gasteiger charge is 2.04. The Morgan fingerprint density at radius 1 is 1.16 bits per heavy atom. The van der Waals surface area contributed by atoms with E-state index in [1.165, 1.54) is 0 Å². The van der Waals surface area contributed by atoms with E-state index in [2.05, 4.69) is 11.4 Å². The van der Waals surface area contributed by atoms with E-state index in [1.807, 2.05) is 0 Å². The molecule has 2 rings (SSSR count). The molecule has 0 saturated heterocycles. The maximum atomic E-state index is 8.86. The summed E-state index contributed by atoms with van der Waals surface area (Å²) in [6.07, 6.45) is 0. The van der Waals surface area contributed by atoms with Gasteiger partial charge < -0.3 is 11.1 Å². The molecule has 3 nitrogen and oxygen atoms in total. The summed E-state index contributed by atoms with van der Waals surface area (Å²) in [5.74, 6) is 0. The molecule has 2 aromatic carbocycles. The van der Waals surface area contributed by atoms with E-state index >= 15 is 0 Å². The van der Waals surface area contributed by atoms with Crippen molar-refractivity contribution in [2.24, 2.45) is 0 Å². The minimum Gasteiger partial charge on any atom is -0.397 e. The van der Waals surface area contributed by atoms with Gasteiger partial charge in [0.15, 0.2) is 0 Å². The number of nitrogens with zero attached hydrogens (tertiary/aromatic N) is 1. The lowest BCUT2D eigenvalue weighted by Gasteiger charge is -2.11. The van der Waals surface area contributed by atoms with Crippen molar-refractivity contribution in [3.8, 4) is 6.07 Å². The van der Waals surface area contributed by atoms with Crippen molar-refractivity contribution >= 4 is 34.6 Å². The number of hydrogen-bond donors (Lipinski definition) is 2. The standard InChI is InChI=1S/C14H11Cl2N3/c15-11-2-3-12(16)10(6-11)8-19-14-5-9(7-17)1-4-13(14)18/h1-6,19H,8,18H2. The third-order valence-electron chi connectivity index (χ3n) is 2.66. The molecule has 3 N–H and O–H groups in total. The van der Waals surface area contributed by atoms with Crippen LogP contribution < -0.4 is 11.1 Å². The van der Waals surface area contributed by atoms with E-state index < -0.39 is 0 Å². The Labute approximate surface area is 121 Å². The van der Waals surface area contributed by atoms with Gasteiger partial charge in [0.25, 0.3) is 0 Å². The number of rotatable bonds is 3. The van der Waals surface area contributed by atoms with Crippen LogP contribution in [0.25, 0.3) is 0 Å². The number of halogens is 2. The highest BCUT2D eigenvalue weighted by molar-refractivity contribution is 6.33. The Morgan fingerprint density at radius 2 is 1.95 bits per heavy atom. The molecule has 0 saturated carbocycles. The number of nitrogens with two attached hydrogens (primary N) is 1. The van der Waals surface area contributed by atoms with Crippen LogP contribution in [-0.2, 0) is 6.54 Å². The van der Waals surface area contributed by atoms with Crippen LogP contribution in [0.2, 0.25) is 10.0 Å². The van der Waals surface area contributed by atoms with Gasteiger partial charge in [-0.05, 0) is 42.0 Å². The number of hydrogen-bond acceptors (Lipinski definition) is 3. The van der Waals surface area contributed by atoms with Crippen LogP contribution in [0.1, 0.15) is 11.1 Å². The van der Waals surface area contributed by atoms with Crippen molar-refractivity contribution in [1.82, 2.24) is 0 Å². The van der Waals surface area contributed by atoms with E-state index in [1.54, 1.807) is 36.4 Å². The van der Waals surface area contributed by atoms with Crippen molar-refractivity contribution in [3.05, 3.63) is 57.6 Å². The Bertz CT molecular complexity index is 648. The average molecular weight is 292 g/mol. The predicted molar refractivity (Wildman–Crippen MR) is 79.4 cm³/mol. The molecule has 96 valence electrons. The molecule has 0 heterocycles. The average Bonchev–Trinajstić information content (AvgIpc) is 2.41. The van der Waals surface area contributed by atoms with E-state index in [4.69, 9.17) is 34.2 Å². The molecule has 0 aromatic heterocycles. The van der Waals surface area contributed by atoms with Gasteiger partial charge in [0, 0.05) is 16.6 Å². The fraction of sp³-hybridized carbons (Fsp3) is 0.0714. The van der Waals surface area contributed by atoms with Gasteiger partial charge in [-0.1, -0.05) is 23.2 Å². The van der Waals surface area contributed by atoms with Gasteiger partial charge in [-0.3, -0.25) is 0 Å². The topological polar surface area (TPSA) is 61.8 Å². The van der Waals surface area contributed by atoms with Crippen molar-refractivity contribution in [1.29, 1.82) is 5.26 Å². The molecule has 0 aliphatic heterocycles. The first kappa shape index (κ1) is 13.5. The summed E-state index contributed by atoms with van der Waals surface area (Å²) in [5, 5.41) is 13.3. The number of nitrogens with one attached hydrogen (secondary N) is 1. The lowest BCUT2D eigenvalue weighted by Crippen LogP contribution is -2.03. The van der Waals surface area contributed by atoms with Crippen LogP contribution in [0.3, 0.4) is 0 Å². The van der Waals surface area contributed by atoms with Gasteiger partial charge in [-0.2, -0.15) is 5.26 Å². The molecule has 19 heavy (non-hydrogen) atoms. The fourth-order valence-electron chi connectivity index (χ4n) is 1.65. The molecule has 2 aromatic rings. The van der Waals surface area contributed by atoms with Crippen molar-refractivity contribution in [2.75, 3.05) is 11.1 Å². The van der Waals surface area contributed by atoms with E-state index in [0.29, 0.717) is 33.5 Å². The number of anilines is 2. The van der Waals surface area contributed by atoms with Crippen LogP contribution in [0.4, 0.5) is 11.4 Å².